The number of carbonyl (C=O) groups is 1. The van der Waals surface area contributed by atoms with Crippen molar-refractivity contribution in [1.82, 2.24) is 5.32 Å². The third-order valence-electron chi connectivity index (χ3n) is 5.48. The number of nitrogens with one attached hydrogen (secondary N) is 1. The molecule has 0 saturated heterocycles. The third-order valence-corrected chi connectivity index (χ3v) is 7.70. The van der Waals surface area contributed by atoms with Crippen molar-refractivity contribution in [2.45, 2.75) is 24.8 Å². The molecule has 0 saturated carbocycles. The van der Waals surface area contributed by atoms with Gasteiger partial charge in [0, 0.05) is 10.0 Å². The largest absolute Gasteiger partial charge is 0.486 e. The van der Waals surface area contributed by atoms with Crippen LogP contribution >= 0.6 is 23.2 Å². The molecule has 1 N–H and O–H groups in total. The Bertz CT molecular complexity index is 1330. The van der Waals surface area contributed by atoms with E-state index in [2.05, 4.69) is 5.32 Å². The molecule has 0 aliphatic carbocycles. The number of carbonyl (C=O) groups excluding carboxylic acids is 1. The molecular weight excluding hydrogens is 511 g/mol. The number of aryl methyl sites for hydroxylation is 1. The fourth-order valence-electron chi connectivity index (χ4n) is 3.67. The van der Waals surface area contributed by atoms with Gasteiger partial charge in [0.2, 0.25) is 5.91 Å². The van der Waals surface area contributed by atoms with Crippen LogP contribution in [0.5, 0.6) is 11.5 Å². The van der Waals surface area contributed by atoms with Crippen LogP contribution in [0.15, 0.2) is 65.6 Å². The second-order valence-corrected chi connectivity index (χ2v) is 10.9. The van der Waals surface area contributed by atoms with Crippen LogP contribution in [0.2, 0.25) is 10.0 Å². The van der Waals surface area contributed by atoms with Crippen molar-refractivity contribution < 1.29 is 22.7 Å². The maximum atomic E-state index is 13.5. The average Bonchev–Trinajstić information content (AvgIpc) is 2.81. The molecular formula is C25H24Cl2N2O5S. The number of amides is 1. The average molecular weight is 535 g/mol. The highest BCUT2D eigenvalue weighted by Gasteiger charge is 2.28. The van der Waals surface area contributed by atoms with Gasteiger partial charge < -0.3 is 14.8 Å². The molecule has 184 valence electrons. The highest BCUT2D eigenvalue weighted by Crippen LogP contribution is 2.33. The molecule has 0 radical (unpaired) electrons. The number of anilines is 1. The smallest absolute Gasteiger partial charge is 0.264 e. The lowest BCUT2D eigenvalue weighted by molar-refractivity contribution is -0.120. The molecule has 4 rings (SSSR count). The summed E-state index contributed by atoms with van der Waals surface area (Å²) in [5, 5.41) is 3.36. The van der Waals surface area contributed by atoms with Crippen LogP contribution in [0.1, 0.15) is 24.1 Å². The quantitative estimate of drug-likeness (QED) is 0.453. The Labute approximate surface area is 214 Å². The molecule has 1 heterocycles. The lowest BCUT2D eigenvalue weighted by Crippen LogP contribution is -2.41. The van der Waals surface area contributed by atoms with Crippen molar-refractivity contribution in [3.8, 4) is 11.5 Å². The Morgan fingerprint density at radius 2 is 1.60 bits per heavy atom. The number of rotatable bonds is 7. The Kier molecular flexibility index (Phi) is 7.44. The van der Waals surface area contributed by atoms with Gasteiger partial charge in [-0.2, -0.15) is 0 Å². The van der Waals surface area contributed by atoms with E-state index in [-0.39, 0.29) is 20.6 Å². The summed E-state index contributed by atoms with van der Waals surface area (Å²) in [4.78, 5) is 13.1. The number of nitrogens with zero attached hydrogens (tertiary/aromatic N) is 1. The van der Waals surface area contributed by atoms with E-state index in [4.69, 9.17) is 32.7 Å². The number of hydrogen-bond donors (Lipinski definition) is 1. The molecule has 7 nitrogen and oxygen atoms in total. The molecule has 1 aliphatic rings. The van der Waals surface area contributed by atoms with Gasteiger partial charge in [0.15, 0.2) is 11.5 Å². The Hall–Kier alpha value is -2.94. The monoisotopic (exact) mass is 534 g/mol. The fraction of sp³-hybridized carbons (Fsp3) is 0.240. The summed E-state index contributed by atoms with van der Waals surface area (Å²) < 4.78 is 39.3. The standard InChI is InChI=1S/C25H24Cl2N2O5S/c1-16-3-6-22(7-4-16)35(31,32)29(21-13-19(26)12-20(27)14-21)15-25(30)28-17(2)18-5-8-23-24(11-18)34-10-9-33-23/h3-8,11-14,17H,9-10,15H2,1-2H3,(H,28,30)/t17-/m0/s1. The van der Waals surface area contributed by atoms with Crippen molar-refractivity contribution in [2.24, 2.45) is 0 Å². The summed E-state index contributed by atoms with van der Waals surface area (Å²) >= 11 is 12.3. The first-order valence-electron chi connectivity index (χ1n) is 10.9. The van der Waals surface area contributed by atoms with Gasteiger partial charge in [0.1, 0.15) is 19.8 Å². The summed E-state index contributed by atoms with van der Waals surface area (Å²) in [6, 6.07) is 15.8. The van der Waals surface area contributed by atoms with Crippen LogP contribution in [-0.4, -0.2) is 34.1 Å². The maximum Gasteiger partial charge on any atom is 0.264 e. The van der Waals surface area contributed by atoms with Gasteiger partial charge in [0.05, 0.1) is 16.6 Å². The second-order valence-electron chi connectivity index (χ2n) is 8.14. The van der Waals surface area contributed by atoms with Crippen molar-refractivity contribution in [1.29, 1.82) is 0 Å². The van der Waals surface area contributed by atoms with E-state index in [1.807, 2.05) is 13.0 Å². The number of ether oxygens (including phenoxy) is 2. The normalized spacial score (nSPS) is 13.7. The Balaban J connectivity index is 1.60. The molecule has 1 aliphatic heterocycles. The van der Waals surface area contributed by atoms with Gasteiger partial charge >= 0.3 is 0 Å². The summed E-state index contributed by atoms with van der Waals surface area (Å²) in [6.07, 6.45) is 0. The molecule has 10 heteroatoms. The van der Waals surface area contributed by atoms with E-state index in [1.165, 1.54) is 30.3 Å². The first-order chi connectivity index (χ1) is 16.6. The van der Waals surface area contributed by atoms with Crippen LogP contribution in [0.25, 0.3) is 0 Å². The fourth-order valence-corrected chi connectivity index (χ4v) is 5.59. The third kappa shape index (κ3) is 5.83. The first-order valence-corrected chi connectivity index (χ1v) is 13.1. The Morgan fingerprint density at radius 3 is 2.26 bits per heavy atom. The molecule has 3 aromatic carbocycles. The SMILES string of the molecule is Cc1ccc(S(=O)(=O)N(CC(=O)N[C@@H](C)c2ccc3c(c2)OCCO3)c2cc(Cl)cc(Cl)c2)cc1. The van der Waals surface area contributed by atoms with Gasteiger partial charge in [-0.3, -0.25) is 9.10 Å². The maximum absolute atomic E-state index is 13.5. The number of benzene rings is 3. The minimum Gasteiger partial charge on any atom is -0.486 e. The van der Waals surface area contributed by atoms with Gasteiger partial charge in [-0.25, -0.2) is 8.42 Å². The topological polar surface area (TPSA) is 84.9 Å². The molecule has 0 unspecified atom stereocenters. The van der Waals surface area contributed by atoms with Crippen LogP contribution < -0.4 is 19.1 Å². The summed E-state index contributed by atoms with van der Waals surface area (Å²) in [5.74, 6) is 0.748. The second kappa shape index (κ2) is 10.4. The van der Waals surface area contributed by atoms with E-state index in [0.717, 1.165) is 15.4 Å². The molecule has 0 aromatic heterocycles. The zero-order chi connectivity index (χ0) is 25.2. The van der Waals surface area contributed by atoms with Crippen molar-refractivity contribution in [3.63, 3.8) is 0 Å². The van der Waals surface area contributed by atoms with Gasteiger partial charge in [-0.05, 0) is 61.9 Å². The Morgan fingerprint density at radius 1 is 0.971 bits per heavy atom. The summed E-state index contributed by atoms with van der Waals surface area (Å²) in [7, 11) is -4.09. The lowest BCUT2D eigenvalue weighted by atomic mass is 10.1. The van der Waals surface area contributed by atoms with E-state index in [9.17, 15) is 13.2 Å². The molecule has 0 spiro atoms. The first kappa shape index (κ1) is 25.2. The van der Waals surface area contributed by atoms with Gasteiger partial charge in [0.25, 0.3) is 10.0 Å². The van der Waals surface area contributed by atoms with Crippen LogP contribution in [0, 0.1) is 6.92 Å². The minimum absolute atomic E-state index is 0.0480. The molecule has 3 aromatic rings. The van der Waals surface area contributed by atoms with Crippen LogP contribution in [0.3, 0.4) is 0 Å². The minimum atomic E-state index is -4.09. The van der Waals surface area contributed by atoms with Crippen molar-refractivity contribution in [3.05, 3.63) is 81.8 Å². The predicted molar refractivity (Wildman–Crippen MR) is 136 cm³/mol. The van der Waals surface area contributed by atoms with Crippen LogP contribution in [-0.2, 0) is 14.8 Å². The number of hydrogen-bond acceptors (Lipinski definition) is 5. The predicted octanol–water partition coefficient (Wildman–Crippen LogP) is 5.15. The van der Waals surface area contributed by atoms with Crippen LogP contribution in [0.4, 0.5) is 5.69 Å². The number of fused-ring (bicyclic) bond motifs is 1. The van der Waals surface area contributed by atoms with E-state index in [0.29, 0.717) is 24.7 Å². The number of sulfonamides is 1. The van der Waals surface area contributed by atoms with Gasteiger partial charge in [-0.1, -0.05) is 47.0 Å². The van der Waals surface area contributed by atoms with Gasteiger partial charge in [-0.15, -0.1) is 0 Å². The zero-order valence-electron chi connectivity index (χ0n) is 19.1. The highest BCUT2D eigenvalue weighted by molar-refractivity contribution is 7.92. The summed E-state index contributed by atoms with van der Waals surface area (Å²) in [5.41, 5.74) is 1.89. The highest BCUT2D eigenvalue weighted by atomic mass is 35.5. The molecule has 1 amide bonds. The van der Waals surface area contributed by atoms with E-state index in [1.54, 1.807) is 31.2 Å². The van der Waals surface area contributed by atoms with E-state index < -0.39 is 28.5 Å². The number of halogens is 2. The van der Waals surface area contributed by atoms with Crippen molar-refractivity contribution >= 4 is 44.8 Å². The molecule has 0 bridgehead atoms. The molecule has 1 atom stereocenters. The zero-order valence-corrected chi connectivity index (χ0v) is 21.5. The lowest BCUT2D eigenvalue weighted by Gasteiger charge is -2.26. The van der Waals surface area contributed by atoms with Crippen molar-refractivity contribution in [2.75, 3.05) is 24.1 Å². The van der Waals surface area contributed by atoms with E-state index >= 15 is 0 Å². The molecule has 0 fully saturated rings. The summed E-state index contributed by atoms with van der Waals surface area (Å²) in [6.45, 7) is 4.13. The molecule has 35 heavy (non-hydrogen) atoms.